The standard InChI is InChI=1S/C6H9BrN2O2S2/c1-3-8-13(10,11)6-9-4(2)5(7)12-6/h8H,3H2,1-2H3. The number of halogens is 1. The number of hydrogen-bond acceptors (Lipinski definition) is 4. The topological polar surface area (TPSA) is 59.1 Å². The molecular formula is C6H9BrN2O2S2. The van der Waals surface area contributed by atoms with Gasteiger partial charge in [0, 0.05) is 6.54 Å². The molecule has 0 saturated carbocycles. The molecule has 0 saturated heterocycles. The van der Waals surface area contributed by atoms with Gasteiger partial charge in [0.1, 0.15) is 0 Å². The van der Waals surface area contributed by atoms with Crippen LogP contribution in [-0.4, -0.2) is 19.9 Å². The van der Waals surface area contributed by atoms with Crippen molar-refractivity contribution in [2.75, 3.05) is 6.54 Å². The summed E-state index contributed by atoms with van der Waals surface area (Å²) in [6, 6.07) is 0. The minimum atomic E-state index is -3.38. The molecule has 0 atom stereocenters. The lowest BCUT2D eigenvalue weighted by atomic mass is 10.6. The summed E-state index contributed by atoms with van der Waals surface area (Å²) in [5.41, 5.74) is 0.696. The van der Waals surface area contributed by atoms with E-state index in [0.29, 0.717) is 12.2 Å². The Hall–Kier alpha value is 0.0200. The average molecular weight is 285 g/mol. The molecule has 1 heterocycles. The van der Waals surface area contributed by atoms with Crippen molar-refractivity contribution >= 4 is 37.3 Å². The average Bonchev–Trinajstić information content (AvgIpc) is 2.33. The third kappa shape index (κ3) is 2.49. The second kappa shape index (κ2) is 4.04. The number of rotatable bonds is 3. The largest absolute Gasteiger partial charge is 0.267 e. The first kappa shape index (κ1) is 11.1. The van der Waals surface area contributed by atoms with Gasteiger partial charge in [-0.1, -0.05) is 18.3 Å². The molecule has 0 unspecified atom stereocenters. The van der Waals surface area contributed by atoms with Gasteiger partial charge in [0.2, 0.25) is 4.34 Å². The third-order valence-corrected chi connectivity index (χ3v) is 5.21. The Labute approximate surface area is 89.6 Å². The predicted octanol–water partition coefficient (Wildman–Crippen LogP) is 1.51. The zero-order chi connectivity index (χ0) is 10.1. The number of aromatic nitrogens is 1. The quantitative estimate of drug-likeness (QED) is 0.915. The highest BCUT2D eigenvalue weighted by molar-refractivity contribution is 9.11. The molecule has 0 aliphatic heterocycles. The van der Waals surface area contributed by atoms with E-state index < -0.39 is 10.0 Å². The van der Waals surface area contributed by atoms with Crippen LogP contribution in [0.1, 0.15) is 12.6 Å². The van der Waals surface area contributed by atoms with Gasteiger partial charge in [-0.05, 0) is 22.9 Å². The van der Waals surface area contributed by atoms with Gasteiger partial charge in [-0.25, -0.2) is 18.1 Å². The lowest BCUT2D eigenvalue weighted by Crippen LogP contribution is -2.22. The molecule has 1 rings (SSSR count). The van der Waals surface area contributed by atoms with Crippen LogP contribution in [0.5, 0.6) is 0 Å². The van der Waals surface area contributed by atoms with E-state index in [9.17, 15) is 8.42 Å². The molecule has 7 heteroatoms. The first-order valence-corrected chi connectivity index (χ1v) is 6.69. The summed E-state index contributed by atoms with van der Waals surface area (Å²) in [5.74, 6) is 0. The first-order chi connectivity index (χ1) is 5.97. The molecule has 0 bridgehead atoms. The minimum Gasteiger partial charge on any atom is -0.228 e. The fraction of sp³-hybridized carbons (Fsp3) is 0.500. The number of thiazole rings is 1. The number of nitrogens with one attached hydrogen (secondary N) is 1. The van der Waals surface area contributed by atoms with Gasteiger partial charge in [0.25, 0.3) is 10.0 Å². The SMILES string of the molecule is CCNS(=O)(=O)c1nc(C)c(Br)s1. The molecule has 13 heavy (non-hydrogen) atoms. The van der Waals surface area contributed by atoms with E-state index in [2.05, 4.69) is 25.6 Å². The maximum atomic E-state index is 11.4. The van der Waals surface area contributed by atoms with Crippen molar-refractivity contribution < 1.29 is 8.42 Å². The molecule has 1 aromatic heterocycles. The van der Waals surface area contributed by atoms with Crippen LogP contribution in [0.15, 0.2) is 8.13 Å². The van der Waals surface area contributed by atoms with Gasteiger partial charge in [-0.15, -0.1) is 0 Å². The molecule has 0 aliphatic carbocycles. The highest BCUT2D eigenvalue weighted by Crippen LogP contribution is 2.26. The fourth-order valence-electron chi connectivity index (χ4n) is 0.721. The molecule has 1 N–H and O–H groups in total. The Kier molecular flexibility index (Phi) is 3.44. The van der Waals surface area contributed by atoms with E-state index in [-0.39, 0.29) is 4.34 Å². The minimum absolute atomic E-state index is 0.110. The summed E-state index contributed by atoms with van der Waals surface area (Å²) in [6.07, 6.45) is 0. The molecule has 1 aromatic rings. The molecule has 0 aliphatic rings. The maximum Gasteiger partial charge on any atom is 0.267 e. The Bertz CT molecular complexity index is 379. The Morgan fingerprint density at radius 1 is 1.62 bits per heavy atom. The van der Waals surface area contributed by atoms with Crippen LogP contribution >= 0.6 is 27.3 Å². The molecule has 0 amide bonds. The summed E-state index contributed by atoms with van der Waals surface area (Å²) >= 11 is 4.34. The van der Waals surface area contributed by atoms with Crippen LogP contribution in [0, 0.1) is 6.92 Å². The summed E-state index contributed by atoms with van der Waals surface area (Å²) in [7, 11) is -3.38. The van der Waals surface area contributed by atoms with Gasteiger partial charge in [-0.3, -0.25) is 0 Å². The first-order valence-electron chi connectivity index (χ1n) is 3.60. The Morgan fingerprint density at radius 2 is 2.23 bits per heavy atom. The Morgan fingerprint density at radius 3 is 2.62 bits per heavy atom. The van der Waals surface area contributed by atoms with Crippen molar-refractivity contribution in [3.8, 4) is 0 Å². The van der Waals surface area contributed by atoms with Crippen molar-refractivity contribution in [2.45, 2.75) is 18.2 Å². The van der Waals surface area contributed by atoms with Crippen molar-refractivity contribution in [1.29, 1.82) is 0 Å². The molecule has 0 radical (unpaired) electrons. The molecular weight excluding hydrogens is 276 g/mol. The van der Waals surface area contributed by atoms with E-state index >= 15 is 0 Å². The van der Waals surface area contributed by atoms with E-state index in [4.69, 9.17) is 0 Å². The normalized spacial score (nSPS) is 11.9. The monoisotopic (exact) mass is 284 g/mol. The van der Waals surface area contributed by atoms with Crippen LogP contribution in [0.4, 0.5) is 0 Å². The van der Waals surface area contributed by atoms with Gasteiger partial charge in [0.15, 0.2) is 0 Å². The van der Waals surface area contributed by atoms with Crippen molar-refractivity contribution in [3.05, 3.63) is 9.48 Å². The van der Waals surface area contributed by atoms with Crippen LogP contribution in [0.2, 0.25) is 0 Å². The van der Waals surface area contributed by atoms with Gasteiger partial charge in [0.05, 0.1) is 9.48 Å². The molecule has 0 fully saturated rings. The number of hydrogen-bond donors (Lipinski definition) is 1. The second-order valence-electron chi connectivity index (χ2n) is 2.34. The van der Waals surface area contributed by atoms with Gasteiger partial charge < -0.3 is 0 Å². The van der Waals surface area contributed by atoms with Crippen LogP contribution in [0.25, 0.3) is 0 Å². The smallest absolute Gasteiger partial charge is 0.228 e. The third-order valence-electron chi connectivity index (χ3n) is 1.28. The van der Waals surface area contributed by atoms with Crippen molar-refractivity contribution in [3.63, 3.8) is 0 Å². The molecule has 74 valence electrons. The summed E-state index contributed by atoms with van der Waals surface area (Å²) < 4.78 is 26.1. The lowest BCUT2D eigenvalue weighted by Gasteiger charge is -1.97. The summed E-state index contributed by atoms with van der Waals surface area (Å²) in [6.45, 7) is 3.86. The number of nitrogens with zero attached hydrogens (tertiary/aromatic N) is 1. The van der Waals surface area contributed by atoms with Crippen molar-refractivity contribution in [1.82, 2.24) is 9.71 Å². The zero-order valence-corrected chi connectivity index (χ0v) is 10.4. The van der Waals surface area contributed by atoms with Gasteiger partial charge in [-0.2, -0.15) is 0 Å². The zero-order valence-electron chi connectivity index (χ0n) is 7.17. The number of aryl methyl sites for hydroxylation is 1. The Balaban J connectivity index is 3.08. The summed E-state index contributed by atoms with van der Waals surface area (Å²) in [4.78, 5) is 3.92. The maximum absolute atomic E-state index is 11.4. The molecule has 4 nitrogen and oxygen atoms in total. The van der Waals surface area contributed by atoms with Crippen LogP contribution < -0.4 is 4.72 Å². The fourth-order valence-corrected chi connectivity index (χ4v) is 3.75. The highest BCUT2D eigenvalue weighted by Gasteiger charge is 2.18. The second-order valence-corrected chi connectivity index (χ2v) is 6.60. The highest BCUT2D eigenvalue weighted by atomic mass is 79.9. The van der Waals surface area contributed by atoms with Crippen molar-refractivity contribution in [2.24, 2.45) is 0 Å². The number of sulfonamides is 1. The van der Waals surface area contributed by atoms with E-state index in [1.54, 1.807) is 13.8 Å². The van der Waals surface area contributed by atoms with E-state index in [1.807, 2.05) is 0 Å². The molecule has 0 aromatic carbocycles. The van der Waals surface area contributed by atoms with Gasteiger partial charge >= 0.3 is 0 Å². The lowest BCUT2D eigenvalue weighted by molar-refractivity contribution is 0.583. The summed E-state index contributed by atoms with van der Waals surface area (Å²) in [5, 5.41) is 0. The molecule has 0 spiro atoms. The van der Waals surface area contributed by atoms with E-state index in [1.165, 1.54) is 0 Å². The predicted molar refractivity (Wildman–Crippen MR) is 55.4 cm³/mol. The van der Waals surface area contributed by atoms with E-state index in [0.717, 1.165) is 15.1 Å². The van der Waals surface area contributed by atoms with Crippen LogP contribution in [-0.2, 0) is 10.0 Å². The van der Waals surface area contributed by atoms with Crippen LogP contribution in [0.3, 0.4) is 0 Å².